The lowest BCUT2D eigenvalue weighted by Crippen LogP contribution is -2.39. The van der Waals surface area contributed by atoms with Crippen molar-refractivity contribution in [2.45, 2.75) is 25.7 Å². The van der Waals surface area contributed by atoms with Crippen molar-refractivity contribution in [3.8, 4) is 11.3 Å². The Morgan fingerprint density at radius 3 is 2.84 bits per heavy atom. The van der Waals surface area contributed by atoms with Crippen LogP contribution in [0.4, 0.5) is 0 Å². The smallest absolute Gasteiger partial charge is 0.259 e. The second-order valence-corrected chi connectivity index (χ2v) is 6.20. The molecule has 1 atom stereocenters. The fraction of sp³-hybridized carbons (Fsp3) is 0.333. The van der Waals surface area contributed by atoms with Crippen molar-refractivity contribution in [3.05, 3.63) is 53.8 Å². The van der Waals surface area contributed by atoms with Gasteiger partial charge in [-0.2, -0.15) is 4.98 Å². The molecular formula is C18H18N4O3. The third-order valence-corrected chi connectivity index (χ3v) is 4.45. The van der Waals surface area contributed by atoms with Gasteiger partial charge >= 0.3 is 0 Å². The van der Waals surface area contributed by atoms with E-state index in [1.807, 2.05) is 35.2 Å². The summed E-state index contributed by atoms with van der Waals surface area (Å²) in [4.78, 5) is 19.1. The number of aryl methyl sites for hydroxylation is 1. The standard InChI is InChI=1S/C18H18N4O3/c1-12-20-17(21-24-12)14-8-5-9-22(11-14)18(23)15-10-19-25-16(15)13-6-3-2-4-7-13/h2-4,6-7,10,14H,5,8-9,11H2,1H3/t14-/m0/s1. The van der Waals surface area contributed by atoms with E-state index in [2.05, 4.69) is 15.3 Å². The van der Waals surface area contributed by atoms with Gasteiger partial charge in [-0.25, -0.2) is 0 Å². The van der Waals surface area contributed by atoms with Crippen LogP contribution in [0.2, 0.25) is 0 Å². The highest BCUT2D eigenvalue weighted by Crippen LogP contribution is 2.29. The largest absolute Gasteiger partial charge is 0.355 e. The first-order chi connectivity index (χ1) is 12.2. The Morgan fingerprint density at radius 1 is 1.24 bits per heavy atom. The lowest BCUT2D eigenvalue weighted by atomic mass is 9.96. The summed E-state index contributed by atoms with van der Waals surface area (Å²) in [5.74, 6) is 1.73. The fourth-order valence-corrected chi connectivity index (χ4v) is 3.21. The molecule has 4 rings (SSSR count). The number of amides is 1. The van der Waals surface area contributed by atoms with Crippen molar-refractivity contribution in [1.29, 1.82) is 0 Å². The van der Waals surface area contributed by atoms with Crippen molar-refractivity contribution in [1.82, 2.24) is 20.2 Å². The average Bonchev–Trinajstić information content (AvgIpc) is 3.31. The Hall–Kier alpha value is -2.96. The number of hydrogen-bond acceptors (Lipinski definition) is 6. The summed E-state index contributed by atoms with van der Waals surface area (Å²) in [6.07, 6.45) is 3.33. The van der Waals surface area contributed by atoms with Crippen LogP contribution in [0.15, 0.2) is 45.6 Å². The molecular weight excluding hydrogens is 320 g/mol. The SMILES string of the molecule is Cc1nc([C@H]2CCCN(C(=O)c3cnoc3-c3ccccc3)C2)no1. The quantitative estimate of drug-likeness (QED) is 0.729. The van der Waals surface area contributed by atoms with Gasteiger partial charge in [0.05, 0.1) is 6.20 Å². The molecule has 25 heavy (non-hydrogen) atoms. The molecule has 0 spiro atoms. The number of hydrogen-bond donors (Lipinski definition) is 0. The van der Waals surface area contributed by atoms with E-state index < -0.39 is 0 Å². The molecule has 1 saturated heterocycles. The normalized spacial score (nSPS) is 17.6. The second kappa shape index (κ2) is 6.51. The lowest BCUT2D eigenvalue weighted by Gasteiger charge is -2.31. The van der Waals surface area contributed by atoms with Crippen molar-refractivity contribution < 1.29 is 13.8 Å². The molecule has 3 aromatic rings. The number of carbonyl (C=O) groups excluding carboxylic acids is 1. The number of piperidine rings is 1. The highest BCUT2D eigenvalue weighted by Gasteiger charge is 2.30. The van der Waals surface area contributed by atoms with Crippen molar-refractivity contribution in [3.63, 3.8) is 0 Å². The summed E-state index contributed by atoms with van der Waals surface area (Å²) in [5.41, 5.74) is 1.32. The van der Waals surface area contributed by atoms with Gasteiger partial charge in [0.15, 0.2) is 11.6 Å². The summed E-state index contributed by atoms with van der Waals surface area (Å²) in [6.45, 7) is 3.04. The minimum absolute atomic E-state index is 0.0787. The lowest BCUT2D eigenvalue weighted by molar-refractivity contribution is 0.0704. The van der Waals surface area contributed by atoms with Gasteiger partial charge in [0.1, 0.15) is 5.56 Å². The van der Waals surface area contributed by atoms with Crippen LogP contribution >= 0.6 is 0 Å². The molecule has 1 amide bonds. The second-order valence-electron chi connectivity index (χ2n) is 6.20. The van der Waals surface area contributed by atoms with E-state index >= 15 is 0 Å². The Balaban J connectivity index is 1.56. The van der Waals surface area contributed by atoms with E-state index in [-0.39, 0.29) is 11.8 Å². The number of aromatic nitrogens is 3. The van der Waals surface area contributed by atoms with Gasteiger partial charge in [0.2, 0.25) is 5.89 Å². The molecule has 1 fully saturated rings. The summed E-state index contributed by atoms with van der Waals surface area (Å²) in [7, 11) is 0. The van der Waals surface area contributed by atoms with Crippen LogP contribution in [0, 0.1) is 6.92 Å². The number of rotatable bonds is 3. The molecule has 7 heteroatoms. The van der Waals surface area contributed by atoms with Crippen LogP contribution in [0.25, 0.3) is 11.3 Å². The zero-order valence-corrected chi connectivity index (χ0v) is 13.9. The van der Waals surface area contributed by atoms with Crippen LogP contribution in [0.1, 0.15) is 40.8 Å². The molecule has 0 bridgehead atoms. The zero-order chi connectivity index (χ0) is 17.2. The molecule has 0 aliphatic carbocycles. The predicted octanol–water partition coefficient (Wildman–Crippen LogP) is 3.05. The molecule has 1 aliphatic rings. The maximum atomic E-state index is 13.0. The van der Waals surface area contributed by atoms with Crippen LogP contribution < -0.4 is 0 Å². The third kappa shape index (κ3) is 3.05. The predicted molar refractivity (Wildman–Crippen MR) is 88.9 cm³/mol. The van der Waals surface area contributed by atoms with E-state index in [1.54, 1.807) is 6.92 Å². The van der Waals surface area contributed by atoms with E-state index in [0.717, 1.165) is 18.4 Å². The summed E-state index contributed by atoms with van der Waals surface area (Å²) < 4.78 is 10.4. The minimum atomic E-state index is -0.0787. The van der Waals surface area contributed by atoms with Gasteiger partial charge in [-0.05, 0) is 12.8 Å². The number of nitrogens with zero attached hydrogens (tertiary/aromatic N) is 4. The van der Waals surface area contributed by atoms with Gasteiger partial charge in [-0.15, -0.1) is 0 Å². The number of benzene rings is 1. The number of carbonyl (C=O) groups is 1. The fourth-order valence-electron chi connectivity index (χ4n) is 3.21. The average molecular weight is 338 g/mol. The van der Waals surface area contributed by atoms with Gasteiger partial charge in [0.25, 0.3) is 5.91 Å². The molecule has 0 N–H and O–H groups in total. The Bertz CT molecular complexity index is 871. The molecule has 7 nitrogen and oxygen atoms in total. The van der Waals surface area contributed by atoms with Crippen molar-refractivity contribution in [2.75, 3.05) is 13.1 Å². The van der Waals surface area contributed by atoms with E-state index in [4.69, 9.17) is 9.05 Å². The first-order valence-electron chi connectivity index (χ1n) is 8.32. The van der Waals surface area contributed by atoms with E-state index in [0.29, 0.717) is 36.1 Å². The third-order valence-electron chi connectivity index (χ3n) is 4.45. The van der Waals surface area contributed by atoms with Crippen LogP contribution in [0.5, 0.6) is 0 Å². The van der Waals surface area contributed by atoms with Crippen LogP contribution in [-0.2, 0) is 0 Å². The Kier molecular flexibility index (Phi) is 4.05. The molecule has 2 aromatic heterocycles. The minimum Gasteiger partial charge on any atom is -0.355 e. The van der Waals surface area contributed by atoms with Gasteiger partial charge < -0.3 is 13.9 Å². The van der Waals surface area contributed by atoms with E-state index in [1.165, 1.54) is 6.20 Å². The maximum absolute atomic E-state index is 13.0. The topological polar surface area (TPSA) is 85.3 Å². The molecule has 0 unspecified atom stereocenters. The Labute approximate surface area is 144 Å². The summed E-state index contributed by atoms with van der Waals surface area (Å²) in [5, 5.41) is 7.84. The van der Waals surface area contributed by atoms with Crippen LogP contribution in [0.3, 0.4) is 0 Å². The van der Waals surface area contributed by atoms with Gasteiger partial charge in [0, 0.05) is 31.5 Å². The molecule has 0 radical (unpaired) electrons. The highest BCUT2D eigenvalue weighted by molar-refractivity contribution is 5.99. The molecule has 128 valence electrons. The molecule has 1 aromatic carbocycles. The molecule has 1 aliphatic heterocycles. The first kappa shape index (κ1) is 15.6. The van der Waals surface area contributed by atoms with Gasteiger partial charge in [-0.1, -0.05) is 40.6 Å². The van der Waals surface area contributed by atoms with Crippen molar-refractivity contribution >= 4 is 5.91 Å². The monoisotopic (exact) mass is 338 g/mol. The highest BCUT2D eigenvalue weighted by atomic mass is 16.5. The van der Waals surface area contributed by atoms with Crippen molar-refractivity contribution in [2.24, 2.45) is 0 Å². The first-order valence-corrected chi connectivity index (χ1v) is 8.32. The maximum Gasteiger partial charge on any atom is 0.259 e. The van der Waals surface area contributed by atoms with Gasteiger partial charge in [-0.3, -0.25) is 4.79 Å². The molecule has 0 saturated carbocycles. The van der Waals surface area contributed by atoms with Crippen LogP contribution in [-0.4, -0.2) is 39.2 Å². The summed E-state index contributed by atoms with van der Waals surface area (Å²) >= 11 is 0. The summed E-state index contributed by atoms with van der Waals surface area (Å²) in [6, 6.07) is 9.53. The molecule has 3 heterocycles. The Morgan fingerprint density at radius 2 is 2.08 bits per heavy atom. The van der Waals surface area contributed by atoms with E-state index in [9.17, 15) is 4.79 Å². The number of likely N-dealkylation sites (tertiary alicyclic amines) is 1. The zero-order valence-electron chi connectivity index (χ0n) is 13.9.